The summed E-state index contributed by atoms with van der Waals surface area (Å²) in [7, 11) is 1.62. The summed E-state index contributed by atoms with van der Waals surface area (Å²) in [6.07, 6.45) is 1.45. The molecular formula is C26H28N4O5. The number of carbonyl (C=O) groups excluding carboxylic acids is 2. The quantitative estimate of drug-likeness (QED) is 0.378. The van der Waals surface area contributed by atoms with Crippen molar-refractivity contribution in [3.8, 4) is 11.1 Å². The van der Waals surface area contributed by atoms with Gasteiger partial charge in [0, 0.05) is 32.0 Å². The first-order chi connectivity index (χ1) is 16.9. The van der Waals surface area contributed by atoms with Crippen LogP contribution >= 0.6 is 0 Å². The van der Waals surface area contributed by atoms with Crippen LogP contribution in [0.15, 0.2) is 54.6 Å². The van der Waals surface area contributed by atoms with Crippen molar-refractivity contribution in [2.75, 3.05) is 18.5 Å². The largest absolute Gasteiger partial charge is 0.481 e. The van der Waals surface area contributed by atoms with Crippen LogP contribution < -0.4 is 10.6 Å². The minimum Gasteiger partial charge on any atom is -0.481 e. The van der Waals surface area contributed by atoms with E-state index in [9.17, 15) is 14.4 Å². The fourth-order valence-electron chi connectivity index (χ4n) is 4.35. The molecule has 0 unspecified atom stereocenters. The Morgan fingerprint density at radius 1 is 1.00 bits per heavy atom. The van der Waals surface area contributed by atoms with Gasteiger partial charge < -0.3 is 15.2 Å². The molecule has 0 spiro atoms. The second kappa shape index (κ2) is 10.9. The lowest BCUT2D eigenvalue weighted by molar-refractivity contribution is -0.137. The smallest absolute Gasteiger partial charge is 0.412 e. The van der Waals surface area contributed by atoms with Gasteiger partial charge >= 0.3 is 12.1 Å². The van der Waals surface area contributed by atoms with Crippen molar-refractivity contribution >= 4 is 23.8 Å². The molecule has 1 aromatic heterocycles. The lowest BCUT2D eigenvalue weighted by Crippen LogP contribution is -2.26. The highest BCUT2D eigenvalue weighted by Crippen LogP contribution is 2.44. The average Bonchev–Trinajstić information content (AvgIpc) is 3.37. The van der Waals surface area contributed by atoms with Crippen LogP contribution in [0.5, 0.6) is 0 Å². The number of hydrogen-bond acceptors (Lipinski definition) is 5. The first-order valence-electron chi connectivity index (χ1n) is 11.6. The molecule has 2 amide bonds. The minimum absolute atomic E-state index is 0.0475. The molecule has 35 heavy (non-hydrogen) atoms. The van der Waals surface area contributed by atoms with Crippen LogP contribution in [-0.4, -0.2) is 46.0 Å². The minimum atomic E-state index is -0.819. The van der Waals surface area contributed by atoms with Gasteiger partial charge in [0.15, 0.2) is 5.82 Å². The van der Waals surface area contributed by atoms with Gasteiger partial charge in [0.1, 0.15) is 12.3 Å². The molecule has 0 atom stereocenters. The number of aromatic nitrogens is 2. The Hall–Kier alpha value is -4.14. The standard InChI is InChI=1S/C26H28N4O5/c1-30-22(25(33)27-14-8-2-3-13-24(31)32)15-23(29-30)28-26(34)35-16-21-19-11-6-4-9-17(19)18-10-5-7-12-20(18)21/h4-7,9-12,15,21H,2-3,8,13-14,16H2,1H3,(H,27,33)(H,31,32)(H,28,29,34). The lowest BCUT2D eigenvalue weighted by Gasteiger charge is -2.14. The number of carboxylic acids is 1. The van der Waals surface area contributed by atoms with E-state index in [0.717, 1.165) is 22.3 Å². The van der Waals surface area contributed by atoms with Gasteiger partial charge in [-0.3, -0.25) is 19.6 Å². The zero-order chi connectivity index (χ0) is 24.8. The van der Waals surface area contributed by atoms with Crippen LogP contribution in [0, 0.1) is 0 Å². The molecule has 9 heteroatoms. The van der Waals surface area contributed by atoms with Gasteiger partial charge in [0.25, 0.3) is 5.91 Å². The zero-order valence-electron chi connectivity index (χ0n) is 19.5. The fraction of sp³-hybridized carbons (Fsp3) is 0.308. The third-order valence-electron chi connectivity index (χ3n) is 6.04. The van der Waals surface area contributed by atoms with Crippen molar-refractivity contribution in [1.29, 1.82) is 0 Å². The van der Waals surface area contributed by atoms with Crippen molar-refractivity contribution in [2.45, 2.75) is 31.6 Å². The van der Waals surface area contributed by atoms with Crippen molar-refractivity contribution < 1.29 is 24.2 Å². The van der Waals surface area contributed by atoms with Crippen LogP contribution in [0.25, 0.3) is 11.1 Å². The van der Waals surface area contributed by atoms with Crippen LogP contribution in [0.2, 0.25) is 0 Å². The van der Waals surface area contributed by atoms with Gasteiger partial charge in [-0.25, -0.2) is 4.79 Å². The predicted molar refractivity (Wildman–Crippen MR) is 130 cm³/mol. The molecule has 3 aromatic rings. The van der Waals surface area contributed by atoms with Gasteiger partial charge in [-0.15, -0.1) is 0 Å². The molecule has 0 radical (unpaired) electrons. The Balaban J connectivity index is 1.29. The molecule has 0 aliphatic heterocycles. The third-order valence-corrected chi connectivity index (χ3v) is 6.04. The van der Waals surface area contributed by atoms with E-state index in [0.29, 0.717) is 31.5 Å². The van der Waals surface area contributed by atoms with Crippen LogP contribution in [-0.2, 0) is 16.6 Å². The molecule has 0 saturated carbocycles. The van der Waals surface area contributed by atoms with Gasteiger partial charge in [-0.05, 0) is 35.1 Å². The third kappa shape index (κ3) is 5.68. The topological polar surface area (TPSA) is 123 Å². The van der Waals surface area contributed by atoms with Crippen molar-refractivity contribution in [3.63, 3.8) is 0 Å². The first kappa shape index (κ1) is 24.0. The Labute approximate surface area is 203 Å². The molecule has 0 bridgehead atoms. The molecule has 1 heterocycles. The number of aliphatic carboxylic acids is 1. The van der Waals surface area contributed by atoms with Crippen LogP contribution in [0.4, 0.5) is 10.6 Å². The molecule has 1 aliphatic rings. The molecule has 0 fully saturated rings. The molecule has 9 nitrogen and oxygen atoms in total. The normalized spacial score (nSPS) is 12.0. The van der Waals surface area contributed by atoms with E-state index in [2.05, 4.69) is 40.0 Å². The lowest BCUT2D eigenvalue weighted by atomic mass is 9.98. The van der Waals surface area contributed by atoms with Crippen LogP contribution in [0.1, 0.15) is 53.2 Å². The summed E-state index contributed by atoms with van der Waals surface area (Å²) >= 11 is 0. The molecule has 2 aromatic carbocycles. The number of nitrogens with zero attached hydrogens (tertiary/aromatic N) is 2. The summed E-state index contributed by atoms with van der Waals surface area (Å²) in [4.78, 5) is 35.4. The second-order valence-electron chi connectivity index (χ2n) is 8.45. The number of anilines is 1. The summed E-state index contributed by atoms with van der Waals surface area (Å²) in [5.41, 5.74) is 4.85. The van der Waals surface area contributed by atoms with Gasteiger partial charge in [-0.2, -0.15) is 5.10 Å². The highest BCUT2D eigenvalue weighted by atomic mass is 16.5. The number of aryl methyl sites for hydroxylation is 1. The van der Waals surface area contributed by atoms with Crippen LogP contribution in [0.3, 0.4) is 0 Å². The summed E-state index contributed by atoms with van der Waals surface area (Å²) in [5.74, 6) is -0.968. The highest BCUT2D eigenvalue weighted by Gasteiger charge is 2.29. The fourth-order valence-corrected chi connectivity index (χ4v) is 4.35. The monoisotopic (exact) mass is 476 g/mol. The summed E-state index contributed by atoms with van der Waals surface area (Å²) in [6, 6.07) is 17.7. The van der Waals surface area contributed by atoms with E-state index >= 15 is 0 Å². The number of unbranched alkanes of at least 4 members (excludes halogenated alkanes) is 2. The number of amides is 2. The average molecular weight is 477 g/mol. The van der Waals surface area contributed by atoms with E-state index in [1.165, 1.54) is 10.7 Å². The van der Waals surface area contributed by atoms with Gasteiger partial charge in [0.2, 0.25) is 0 Å². The molecule has 4 rings (SSSR count). The maximum Gasteiger partial charge on any atom is 0.412 e. The van der Waals surface area contributed by atoms with Gasteiger partial charge in [-0.1, -0.05) is 55.0 Å². The highest BCUT2D eigenvalue weighted by molar-refractivity contribution is 5.94. The van der Waals surface area contributed by atoms with Crippen molar-refractivity contribution in [3.05, 3.63) is 71.4 Å². The molecule has 1 aliphatic carbocycles. The Morgan fingerprint density at radius 2 is 1.66 bits per heavy atom. The van der Waals surface area contributed by atoms with Crippen molar-refractivity contribution in [1.82, 2.24) is 15.1 Å². The van der Waals surface area contributed by atoms with Gasteiger partial charge in [0.05, 0.1) is 0 Å². The van der Waals surface area contributed by atoms with E-state index in [1.807, 2.05) is 24.3 Å². The van der Waals surface area contributed by atoms with E-state index in [-0.39, 0.29) is 30.7 Å². The van der Waals surface area contributed by atoms with E-state index in [4.69, 9.17) is 9.84 Å². The van der Waals surface area contributed by atoms with Crippen molar-refractivity contribution in [2.24, 2.45) is 7.05 Å². The number of fused-ring (bicyclic) bond motifs is 3. The SMILES string of the molecule is Cn1nc(NC(=O)OCC2c3ccccc3-c3ccccc32)cc1C(=O)NCCCCCC(=O)O. The summed E-state index contributed by atoms with van der Waals surface area (Å²) < 4.78 is 6.92. The number of hydrogen-bond donors (Lipinski definition) is 3. The Kier molecular flexibility index (Phi) is 7.45. The van der Waals surface area contributed by atoms with E-state index < -0.39 is 12.1 Å². The Bertz CT molecular complexity index is 1190. The second-order valence-corrected chi connectivity index (χ2v) is 8.45. The molecule has 0 saturated heterocycles. The Morgan fingerprint density at radius 3 is 2.31 bits per heavy atom. The number of carbonyl (C=O) groups is 3. The summed E-state index contributed by atoms with van der Waals surface area (Å²) in [5, 5.41) is 18.2. The number of rotatable bonds is 10. The zero-order valence-corrected chi connectivity index (χ0v) is 19.5. The number of benzene rings is 2. The summed E-state index contributed by atoms with van der Waals surface area (Å²) in [6.45, 7) is 0.612. The maximum atomic E-state index is 12.5. The number of ether oxygens (including phenoxy) is 1. The molecule has 3 N–H and O–H groups in total. The first-order valence-corrected chi connectivity index (χ1v) is 11.6. The molecule has 182 valence electrons. The van der Waals surface area contributed by atoms with E-state index in [1.54, 1.807) is 7.05 Å². The maximum absolute atomic E-state index is 12.5. The number of nitrogens with one attached hydrogen (secondary N) is 2. The predicted octanol–water partition coefficient (Wildman–Crippen LogP) is 4.16. The number of carboxylic acid groups (broad SMARTS) is 1. The molecular weight excluding hydrogens is 448 g/mol.